The van der Waals surface area contributed by atoms with Gasteiger partial charge in [-0.1, -0.05) is 29.8 Å². The first-order valence-electron chi connectivity index (χ1n) is 11.6. The first-order valence-corrected chi connectivity index (χ1v) is 13.9. The maximum absolute atomic E-state index is 15.1. The highest BCUT2D eigenvalue weighted by Crippen LogP contribution is 2.55. The summed E-state index contributed by atoms with van der Waals surface area (Å²) in [7, 11) is -3.78. The average Bonchev–Trinajstić information content (AvgIpc) is 3.63. The van der Waals surface area contributed by atoms with Crippen molar-refractivity contribution in [2.75, 3.05) is 6.26 Å². The van der Waals surface area contributed by atoms with Crippen molar-refractivity contribution >= 4 is 21.4 Å². The standard InChI is InChI=1S/C28H23ClF2N2O3S/c1-15-14-32-23(19-5-4-6-25(27(19)31)37(3,35)36)13-24(15)33-16(2)11-22(26(29)28(33)34)21-12-20(21)17-7-9-18(30)10-8-17/h4-11,13-14,20-21H,12H2,1-3H3/t20-,21+/m1/s1. The van der Waals surface area contributed by atoms with E-state index < -0.39 is 26.1 Å². The topological polar surface area (TPSA) is 69.0 Å². The second-order valence-electron chi connectivity index (χ2n) is 9.44. The minimum Gasteiger partial charge on any atom is -0.280 e. The third kappa shape index (κ3) is 4.60. The summed E-state index contributed by atoms with van der Waals surface area (Å²) in [5, 5.41) is 0.100. The average molecular weight is 541 g/mol. The van der Waals surface area contributed by atoms with Gasteiger partial charge in [0.2, 0.25) is 0 Å². The Kier molecular flexibility index (Phi) is 6.28. The van der Waals surface area contributed by atoms with Gasteiger partial charge in [0.05, 0.1) is 11.4 Å². The van der Waals surface area contributed by atoms with Crippen LogP contribution in [-0.4, -0.2) is 24.2 Å². The lowest BCUT2D eigenvalue weighted by Gasteiger charge is -2.17. The number of aromatic nitrogens is 2. The molecule has 0 spiro atoms. The summed E-state index contributed by atoms with van der Waals surface area (Å²) in [6, 6.07) is 13.9. The molecule has 2 atom stereocenters. The predicted molar refractivity (Wildman–Crippen MR) is 139 cm³/mol. The zero-order chi connectivity index (χ0) is 26.6. The van der Waals surface area contributed by atoms with E-state index in [1.807, 2.05) is 6.07 Å². The van der Waals surface area contributed by atoms with Crippen LogP contribution in [0.15, 0.2) is 70.5 Å². The largest absolute Gasteiger partial charge is 0.280 e. The molecule has 1 fully saturated rings. The quantitative estimate of drug-likeness (QED) is 0.306. The molecule has 5 rings (SSSR count). The number of nitrogens with zero attached hydrogens (tertiary/aromatic N) is 2. The zero-order valence-corrected chi connectivity index (χ0v) is 21.9. The van der Waals surface area contributed by atoms with Gasteiger partial charge in [-0.2, -0.15) is 0 Å². The van der Waals surface area contributed by atoms with Crippen LogP contribution in [0.5, 0.6) is 0 Å². The van der Waals surface area contributed by atoms with E-state index in [2.05, 4.69) is 4.98 Å². The Morgan fingerprint density at radius 1 is 1.03 bits per heavy atom. The summed E-state index contributed by atoms with van der Waals surface area (Å²) in [5.41, 5.74) is 3.30. The molecule has 190 valence electrons. The molecule has 2 heterocycles. The van der Waals surface area contributed by atoms with Gasteiger partial charge in [-0.15, -0.1) is 0 Å². The van der Waals surface area contributed by atoms with Gasteiger partial charge in [0.15, 0.2) is 15.7 Å². The fourth-order valence-corrected chi connectivity index (χ4v) is 5.86. The normalized spacial score (nSPS) is 17.1. The predicted octanol–water partition coefficient (Wildman–Crippen LogP) is 6.12. The number of rotatable bonds is 5. The van der Waals surface area contributed by atoms with Crippen molar-refractivity contribution in [1.29, 1.82) is 0 Å². The zero-order valence-electron chi connectivity index (χ0n) is 20.3. The van der Waals surface area contributed by atoms with Crippen molar-refractivity contribution in [2.24, 2.45) is 0 Å². The van der Waals surface area contributed by atoms with Crippen LogP contribution in [0.3, 0.4) is 0 Å². The summed E-state index contributed by atoms with van der Waals surface area (Å²) < 4.78 is 53.9. The summed E-state index contributed by atoms with van der Waals surface area (Å²) >= 11 is 6.60. The number of sulfone groups is 1. The summed E-state index contributed by atoms with van der Waals surface area (Å²) in [6.45, 7) is 3.56. The van der Waals surface area contributed by atoms with E-state index in [1.54, 1.807) is 32.0 Å². The highest BCUT2D eigenvalue weighted by atomic mass is 35.5. The van der Waals surface area contributed by atoms with E-state index in [4.69, 9.17) is 11.6 Å². The first kappa shape index (κ1) is 25.3. The van der Waals surface area contributed by atoms with Crippen molar-refractivity contribution in [3.05, 3.63) is 110 Å². The molecule has 1 saturated carbocycles. The second-order valence-corrected chi connectivity index (χ2v) is 11.8. The molecule has 0 N–H and O–H groups in total. The molecule has 4 aromatic rings. The van der Waals surface area contributed by atoms with Crippen LogP contribution in [0.2, 0.25) is 5.02 Å². The summed E-state index contributed by atoms with van der Waals surface area (Å²) in [4.78, 5) is 17.4. The molecule has 1 aliphatic carbocycles. The lowest BCUT2D eigenvalue weighted by molar-refractivity contribution is 0.572. The molecular weight excluding hydrogens is 518 g/mol. The van der Waals surface area contributed by atoms with Crippen LogP contribution in [0, 0.1) is 25.5 Å². The Morgan fingerprint density at radius 2 is 1.73 bits per heavy atom. The Bertz CT molecular complexity index is 1720. The van der Waals surface area contributed by atoms with Gasteiger partial charge in [0, 0.05) is 23.7 Å². The Labute approximate surface area is 218 Å². The lowest BCUT2D eigenvalue weighted by Crippen LogP contribution is -2.23. The monoisotopic (exact) mass is 540 g/mol. The Hall–Kier alpha value is -3.36. The van der Waals surface area contributed by atoms with Crippen LogP contribution < -0.4 is 5.56 Å². The van der Waals surface area contributed by atoms with Crippen molar-refractivity contribution in [1.82, 2.24) is 9.55 Å². The van der Waals surface area contributed by atoms with E-state index in [1.165, 1.54) is 41.1 Å². The molecule has 0 aliphatic heterocycles. The molecule has 5 nitrogen and oxygen atoms in total. The highest BCUT2D eigenvalue weighted by Gasteiger charge is 2.41. The molecule has 9 heteroatoms. The highest BCUT2D eigenvalue weighted by molar-refractivity contribution is 7.90. The summed E-state index contributed by atoms with van der Waals surface area (Å²) in [6.07, 6.45) is 3.26. The van der Waals surface area contributed by atoms with E-state index in [0.717, 1.165) is 23.8 Å². The van der Waals surface area contributed by atoms with Crippen molar-refractivity contribution in [3.63, 3.8) is 0 Å². The molecule has 2 aromatic carbocycles. The minimum atomic E-state index is -3.78. The molecule has 0 bridgehead atoms. The summed E-state index contributed by atoms with van der Waals surface area (Å²) in [5.74, 6) is -0.981. The van der Waals surface area contributed by atoms with Gasteiger partial charge in [-0.3, -0.25) is 14.3 Å². The second kappa shape index (κ2) is 9.19. The van der Waals surface area contributed by atoms with E-state index in [-0.39, 0.29) is 33.9 Å². The van der Waals surface area contributed by atoms with E-state index in [9.17, 15) is 17.6 Å². The molecule has 37 heavy (non-hydrogen) atoms. The molecule has 0 radical (unpaired) electrons. The number of pyridine rings is 2. The fraction of sp³-hybridized carbons (Fsp3) is 0.214. The van der Waals surface area contributed by atoms with Crippen LogP contribution >= 0.6 is 11.6 Å². The lowest BCUT2D eigenvalue weighted by atomic mass is 10.0. The SMILES string of the molecule is Cc1cnc(-c2cccc(S(C)(=O)=O)c2F)cc1-n1c(C)cc([C@H]2C[C@@H]2c2ccc(F)cc2)c(Cl)c1=O. The van der Waals surface area contributed by atoms with Crippen LogP contribution in [0.1, 0.15) is 40.6 Å². The van der Waals surface area contributed by atoms with Crippen LogP contribution in [0.25, 0.3) is 16.9 Å². The maximum atomic E-state index is 15.1. The number of halogens is 3. The third-order valence-corrected chi connectivity index (χ3v) is 8.30. The van der Waals surface area contributed by atoms with E-state index in [0.29, 0.717) is 16.9 Å². The number of hydrogen-bond acceptors (Lipinski definition) is 4. The van der Waals surface area contributed by atoms with Crippen LogP contribution in [-0.2, 0) is 9.84 Å². The molecule has 1 aliphatic rings. The number of aryl methyl sites for hydroxylation is 2. The Morgan fingerprint density at radius 3 is 2.41 bits per heavy atom. The maximum Gasteiger partial charge on any atom is 0.274 e. The first-order chi connectivity index (χ1) is 17.5. The Balaban J connectivity index is 1.57. The van der Waals surface area contributed by atoms with Gasteiger partial charge in [-0.05, 0) is 85.2 Å². The van der Waals surface area contributed by atoms with Crippen molar-refractivity contribution in [2.45, 2.75) is 37.0 Å². The molecular formula is C28H23ClF2N2O3S. The molecule has 0 unspecified atom stereocenters. The van der Waals surface area contributed by atoms with Gasteiger partial charge >= 0.3 is 0 Å². The molecule has 0 saturated heterocycles. The van der Waals surface area contributed by atoms with Gasteiger partial charge in [0.25, 0.3) is 5.56 Å². The van der Waals surface area contributed by atoms with Gasteiger partial charge in [-0.25, -0.2) is 17.2 Å². The van der Waals surface area contributed by atoms with Crippen LogP contribution in [0.4, 0.5) is 8.78 Å². The number of benzene rings is 2. The van der Waals surface area contributed by atoms with Crippen molar-refractivity contribution in [3.8, 4) is 16.9 Å². The number of hydrogen-bond donors (Lipinski definition) is 0. The van der Waals surface area contributed by atoms with Gasteiger partial charge in [0.1, 0.15) is 15.7 Å². The van der Waals surface area contributed by atoms with E-state index >= 15 is 4.39 Å². The third-order valence-electron chi connectivity index (χ3n) is 6.80. The van der Waals surface area contributed by atoms with Crippen molar-refractivity contribution < 1.29 is 17.2 Å². The van der Waals surface area contributed by atoms with Gasteiger partial charge < -0.3 is 0 Å². The molecule has 0 amide bonds. The smallest absolute Gasteiger partial charge is 0.274 e. The minimum absolute atomic E-state index is 0.0118. The molecule has 2 aromatic heterocycles. The fourth-order valence-electron chi connectivity index (χ4n) is 4.82.